The molecule has 0 bridgehead atoms. The molecule has 1 unspecified atom stereocenters. The van der Waals surface area contributed by atoms with Crippen molar-refractivity contribution in [3.8, 4) is 0 Å². The van der Waals surface area contributed by atoms with Gasteiger partial charge in [0.2, 0.25) is 0 Å². The number of rotatable bonds is 1. The second-order valence-corrected chi connectivity index (χ2v) is 2.20. The Labute approximate surface area is 59.2 Å². The number of hydrazone groups is 1. The van der Waals surface area contributed by atoms with Crippen LogP contribution in [0.25, 0.3) is 0 Å². The number of esters is 1. The summed E-state index contributed by atoms with van der Waals surface area (Å²) < 4.78 is 4.82. The van der Waals surface area contributed by atoms with Crippen molar-refractivity contribution < 1.29 is 9.53 Å². The van der Waals surface area contributed by atoms with Crippen LogP contribution in [0.3, 0.4) is 0 Å². The van der Waals surface area contributed by atoms with Crippen LogP contribution in [0, 0.1) is 0 Å². The van der Waals surface area contributed by atoms with Gasteiger partial charge in [0.05, 0.1) is 0 Å². The quantitative estimate of drug-likeness (QED) is 0.410. The van der Waals surface area contributed by atoms with Crippen LogP contribution >= 0.6 is 0 Å². The van der Waals surface area contributed by atoms with Crippen molar-refractivity contribution in [2.24, 2.45) is 5.10 Å². The molecule has 1 aliphatic heterocycles. The summed E-state index contributed by atoms with van der Waals surface area (Å²) in [6.07, 6.45) is 0.597. The number of nitrogens with one attached hydrogen (secondary N) is 1. The molecule has 0 amide bonds. The number of hydrogen-bond acceptors (Lipinski definition) is 4. The molecule has 1 aliphatic rings. The Morgan fingerprint density at radius 1 is 1.80 bits per heavy atom. The Hall–Kier alpha value is -1.06. The van der Waals surface area contributed by atoms with Gasteiger partial charge in [-0.05, 0) is 6.92 Å². The number of cyclic esters (lactones) is 1. The van der Waals surface area contributed by atoms with Crippen molar-refractivity contribution in [2.45, 2.75) is 19.4 Å². The van der Waals surface area contributed by atoms with Crippen LogP contribution in [0.2, 0.25) is 0 Å². The predicted molar refractivity (Wildman–Crippen MR) is 36.7 cm³/mol. The SMILES string of the molecule is CN/N=C1/CC(C)OC1=O. The van der Waals surface area contributed by atoms with Gasteiger partial charge in [0, 0.05) is 13.5 Å². The van der Waals surface area contributed by atoms with Crippen LogP contribution in [0.5, 0.6) is 0 Å². The van der Waals surface area contributed by atoms with E-state index in [1.54, 1.807) is 7.05 Å². The fourth-order valence-electron chi connectivity index (χ4n) is 0.874. The first-order chi connectivity index (χ1) is 4.74. The number of carbonyl (C=O) groups is 1. The number of carbonyl (C=O) groups excluding carboxylic acids is 1. The third-order valence-corrected chi connectivity index (χ3v) is 1.27. The second-order valence-electron chi connectivity index (χ2n) is 2.20. The van der Waals surface area contributed by atoms with Gasteiger partial charge in [0.1, 0.15) is 11.8 Å². The van der Waals surface area contributed by atoms with E-state index in [2.05, 4.69) is 10.5 Å². The van der Waals surface area contributed by atoms with Gasteiger partial charge in [-0.1, -0.05) is 0 Å². The zero-order valence-corrected chi connectivity index (χ0v) is 6.05. The molecule has 0 aliphatic carbocycles. The summed E-state index contributed by atoms with van der Waals surface area (Å²) in [6, 6.07) is 0. The van der Waals surface area contributed by atoms with E-state index in [-0.39, 0.29) is 12.1 Å². The molecule has 1 N–H and O–H groups in total. The van der Waals surface area contributed by atoms with Crippen LogP contribution < -0.4 is 5.43 Å². The Bertz CT molecular complexity index is 177. The fraction of sp³-hybridized carbons (Fsp3) is 0.667. The molecule has 1 atom stereocenters. The fourth-order valence-corrected chi connectivity index (χ4v) is 0.874. The summed E-state index contributed by atoms with van der Waals surface area (Å²) in [4.78, 5) is 10.8. The largest absolute Gasteiger partial charge is 0.458 e. The second kappa shape index (κ2) is 2.68. The molecule has 0 aromatic carbocycles. The molecule has 0 saturated carbocycles. The molecular weight excluding hydrogens is 132 g/mol. The van der Waals surface area contributed by atoms with Gasteiger partial charge in [-0.15, -0.1) is 0 Å². The third-order valence-electron chi connectivity index (χ3n) is 1.27. The van der Waals surface area contributed by atoms with Crippen molar-refractivity contribution in [1.29, 1.82) is 0 Å². The third kappa shape index (κ3) is 1.26. The Kier molecular flexibility index (Phi) is 1.89. The highest BCUT2D eigenvalue weighted by atomic mass is 16.5. The molecule has 56 valence electrons. The molecule has 4 nitrogen and oxygen atoms in total. The first-order valence-corrected chi connectivity index (χ1v) is 3.18. The van der Waals surface area contributed by atoms with E-state index >= 15 is 0 Å². The highest BCUT2D eigenvalue weighted by Crippen LogP contribution is 2.09. The minimum Gasteiger partial charge on any atom is -0.458 e. The van der Waals surface area contributed by atoms with E-state index in [0.717, 1.165) is 0 Å². The smallest absolute Gasteiger partial charge is 0.354 e. The van der Waals surface area contributed by atoms with E-state index in [1.807, 2.05) is 6.92 Å². The van der Waals surface area contributed by atoms with Crippen molar-refractivity contribution in [3.05, 3.63) is 0 Å². The van der Waals surface area contributed by atoms with Crippen LogP contribution in [-0.2, 0) is 9.53 Å². The molecular formula is C6H10N2O2. The zero-order chi connectivity index (χ0) is 7.56. The summed E-state index contributed by atoms with van der Waals surface area (Å²) >= 11 is 0. The monoisotopic (exact) mass is 142 g/mol. The molecule has 0 aromatic rings. The maximum atomic E-state index is 10.8. The maximum absolute atomic E-state index is 10.8. The highest BCUT2D eigenvalue weighted by molar-refractivity contribution is 6.38. The molecule has 1 heterocycles. The number of ether oxygens (including phenoxy) is 1. The van der Waals surface area contributed by atoms with Gasteiger partial charge >= 0.3 is 5.97 Å². The first kappa shape index (κ1) is 7.05. The minimum absolute atomic E-state index is 0.0143. The van der Waals surface area contributed by atoms with Gasteiger partial charge < -0.3 is 10.2 Å². The average Bonchev–Trinajstić information content (AvgIpc) is 2.13. The molecule has 4 heteroatoms. The number of hydrogen-bond donors (Lipinski definition) is 1. The van der Waals surface area contributed by atoms with Gasteiger partial charge in [-0.2, -0.15) is 5.10 Å². The van der Waals surface area contributed by atoms with E-state index in [1.165, 1.54) is 0 Å². The van der Waals surface area contributed by atoms with Crippen molar-refractivity contribution >= 4 is 11.7 Å². The van der Waals surface area contributed by atoms with Gasteiger partial charge in [-0.3, -0.25) is 0 Å². The maximum Gasteiger partial charge on any atom is 0.354 e. The van der Waals surface area contributed by atoms with Crippen molar-refractivity contribution in [3.63, 3.8) is 0 Å². The topological polar surface area (TPSA) is 50.7 Å². The van der Waals surface area contributed by atoms with Crippen LogP contribution in [0.4, 0.5) is 0 Å². The Morgan fingerprint density at radius 3 is 2.90 bits per heavy atom. The summed E-state index contributed by atoms with van der Waals surface area (Å²) in [6.45, 7) is 1.84. The zero-order valence-electron chi connectivity index (χ0n) is 6.05. The molecule has 0 spiro atoms. The van der Waals surface area contributed by atoms with Gasteiger partial charge in [0.15, 0.2) is 0 Å². The van der Waals surface area contributed by atoms with E-state index < -0.39 is 0 Å². The van der Waals surface area contributed by atoms with Crippen LogP contribution in [-0.4, -0.2) is 24.8 Å². The Balaban J connectivity index is 2.63. The van der Waals surface area contributed by atoms with Crippen LogP contribution in [0.1, 0.15) is 13.3 Å². The normalized spacial score (nSPS) is 28.8. The average molecular weight is 142 g/mol. The minimum atomic E-state index is -0.304. The highest BCUT2D eigenvalue weighted by Gasteiger charge is 2.26. The summed E-state index contributed by atoms with van der Waals surface area (Å²) in [5, 5.41) is 3.75. The van der Waals surface area contributed by atoms with E-state index in [9.17, 15) is 4.79 Å². The molecule has 0 aromatic heterocycles. The number of nitrogens with zero attached hydrogens (tertiary/aromatic N) is 1. The van der Waals surface area contributed by atoms with E-state index in [0.29, 0.717) is 12.1 Å². The lowest BCUT2D eigenvalue weighted by Crippen LogP contribution is -2.10. The van der Waals surface area contributed by atoms with Crippen LogP contribution in [0.15, 0.2) is 5.10 Å². The van der Waals surface area contributed by atoms with Gasteiger partial charge in [0.25, 0.3) is 0 Å². The standard InChI is InChI=1S/C6H10N2O2/c1-4-3-5(8-7-2)6(9)10-4/h4,7H,3H2,1-2H3/b8-5-. The van der Waals surface area contributed by atoms with Crippen molar-refractivity contribution in [1.82, 2.24) is 5.43 Å². The molecule has 1 saturated heterocycles. The first-order valence-electron chi connectivity index (χ1n) is 3.18. The lowest BCUT2D eigenvalue weighted by atomic mass is 10.2. The molecule has 1 fully saturated rings. The predicted octanol–water partition coefficient (Wildman–Crippen LogP) is -0.103. The lowest BCUT2D eigenvalue weighted by Gasteiger charge is -1.94. The lowest BCUT2D eigenvalue weighted by molar-refractivity contribution is -0.136. The molecule has 0 radical (unpaired) electrons. The van der Waals surface area contributed by atoms with E-state index in [4.69, 9.17) is 4.74 Å². The van der Waals surface area contributed by atoms with Gasteiger partial charge in [-0.25, -0.2) is 4.79 Å². The summed E-state index contributed by atoms with van der Waals surface area (Å²) in [5.74, 6) is -0.304. The summed E-state index contributed by atoms with van der Waals surface area (Å²) in [7, 11) is 1.66. The summed E-state index contributed by atoms with van der Waals surface area (Å²) in [5.41, 5.74) is 3.03. The molecule has 10 heavy (non-hydrogen) atoms. The Morgan fingerprint density at radius 2 is 2.50 bits per heavy atom. The molecule has 1 rings (SSSR count). The van der Waals surface area contributed by atoms with Crippen molar-refractivity contribution in [2.75, 3.05) is 7.05 Å².